The molecule has 0 fully saturated rings. The maximum absolute atomic E-state index is 13.7. The molecule has 1 N–H and O–H groups in total. The molecule has 0 aliphatic rings. The fraction of sp³-hybridized carbons (Fsp3) is 0.0714. The number of nitrogens with one attached hydrogen (secondary N) is 1. The van der Waals surface area contributed by atoms with Crippen LogP contribution < -0.4 is 5.32 Å². The van der Waals surface area contributed by atoms with Crippen LogP contribution in [0, 0.1) is 5.82 Å². The monoisotopic (exact) mass is 450 g/mol. The highest BCUT2D eigenvalue weighted by atomic mass is 19.1. The topological polar surface area (TPSA) is 51.9 Å². The largest absolute Gasteiger partial charge is 0.349 e. The van der Waals surface area contributed by atoms with E-state index in [1.807, 2.05) is 90.6 Å². The van der Waals surface area contributed by atoms with Crippen molar-refractivity contribution in [2.24, 2.45) is 7.05 Å². The Morgan fingerprint density at radius 2 is 1.47 bits per heavy atom. The van der Waals surface area contributed by atoms with E-state index in [-0.39, 0.29) is 17.8 Å². The number of hydrogen-bond donors (Lipinski definition) is 1. The van der Waals surface area contributed by atoms with E-state index in [1.165, 1.54) is 12.1 Å². The summed E-state index contributed by atoms with van der Waals surface area (Å²) in [6.07, 6.45) is 1.92. The molecule has 0 atom stereocenters. The number of aryl methyl sites for hydroxylation is 1. The second-order valence-corrected chi connectivity index (χ2v) is 8.04. The third-order valence-electron chi connectivity index (χ3n) is 5.76. The molecule has 0 unspecified atom stereocenters. The van der Waals surface area contributed by atoms with Crippen LogP contribution in [0.15, 0.2) is 109 Å². The number of aromatic nitrogens is 3. The van der Waals surface area contributed by atoms with Gasteiger partial charge in [-0.25, -0.2) is 9.07 Å². The van der Waals surface area contributed by atoms with Crippen LogP contribution >= 0.6 is 0 Å². The van der Waals surface area contributed by atoms with Gasteiger partial charge in [0.1, 0.15) is 17.2 Å². The molecule has 168 valence electrons. The zero-order valence-electron chi connectivity index (χ0n) is 18.6. The number of benzene rings is 3. The Morgan fingerprint density at radius 3 is 2.03 bits per heavy atom. The standard InChI is InChI=1S/C28H23FN4O/c1-32-18-8-13-25(32)24-19-26(33(31-24)23-16-14-22(29)15-17-23)28(34)30-27(20-9-4-2-5-10-20)21-11-6-3-7-12-21/h2-19,27H,1H3,(H,30,34). The first-order valence-electron chi connectivity index (χ1n) is 11.0. The maximum atomic E-state index is 13.7. The first kappa shape index (κ1) is 21.4. The number of halogens is 1. The van der Waals surface area contributed by atoms with E-state index in [0.29, 0.717) is 17.1 Å². The maximum Gasteiger partial charge on any atom is 0.270 e. The second-order valence-electron chi connectivity index (χ2n) is 8.04. The van der Waals surface area contributed by atoms with Gasteiger partial charge in [0.15, 0.2) is 0 Å². The SMILES string of the molecule is Cn1cccc1-c1cc(C(=O)NC(c2ccccc2)c2ccccc2)n(-c2ccc(F)cc2)n1. The first-order valence-corrected chi connectivity index (χ1v) is 11.0. The first-order chi connectivity index (χ1) is 16.6. The van der Waals surface area contributed by atoms with E-state index in [2.05, 4.69) is 5.32 Å². The summed E-state index contributed by atoms with van der Waals surface area (Å²) >= 11 is 0. The van der Waals surface area contributed by atoms with Gasteiger partial charge in [-0.1, -0.05) is 60.7 Å². The molecule has 3 aromatic carbocycles. The van der Waals surface area contributed by atoms with Crippen molar-refractivity contribution >= 4 is 5.91 Å². The van der Waals surface area contributed by atoms with Gasteiger partial charge in [0.2, 0.25) is 0 Å². The Balaban J connectivity index is 1.57. The van der Waals surface area contributed by atoms with Gasteiger partial charge >= 0.3 is 0 Å². The third kappa shape index (κ3) is 4.26. The molecule has 0 aliphatic heterocycles. The Kier molecular flexibility index (Phi) is 5.79. The summed E-state index contributed by atoms with van der Waals surface area (Å²) in [7, 11) is 1.92. The minimum absolute atomic E-state index is 0.282. The fourth-order valence-corrected chi connectivity index (χ4v) is 4.03. The van der Waals surface area contributed by atoms with E-state index < -0.39 is 0 Å². The van der Waals surface area contributed by atoms with Gasteiger partial charge in [0, 0.05) is 13.2 Å². The lowest BCUT2D eigenvalue weighted by Gasteiger charge is -2.20. The lowest BCUT2D eigenvalue weighted by molar-refractivity contribution is 0.0935. The minimum atomic E-state index is -0.349. The summed E-state index contributed by atoms with van der Waals surface area (Å²) < 4.78 is 17.1. The van der Waals surface area contributed by atoms with Crippen LogP contribution in [-0.2, 0) is 7.05 Å². The number of nitrogens with zero attached hydrogens (tertiary/aromatic N) is 3. The second kappa shape index (κ2) is 9.19. The highest BCUT2D eigenvalue weighted by Crippen LogP contribution is 2.25. The molecule has 6 heteroatoms. The van der Waals surface area contributed by atoms with E-state index in [0.717, 1.165) is 16.8 Å². The van der Waals surface area contributed by atoms with E-state index in [4.69, 9.17) is 5.10 Å². The molecular weight excluding hydrogens is 427 g/mol. The minimum Gasteiger partial charge on any atom is -0.349 e. The van der Waals surface area contributed by atoms with Crippen molar-refractivity contribution in [2.45, 2.75) is 6.04 Å². The van der Waals surface area contributed by atoms with Crippen molar-refractivity contribution in [1.82, 2.24) is 19.7 Å². The third-order valence-corrected chi connectivity index (χ3v) is 5.76. The smallest absolute Gasteiger partial charge is 0.270 e. The van der Waals surface area contributed by atoms with Crippen LogP contribution in [-0.4, -0.2) is 20.3 Å². The van der Waals surface area contributed by atoms with Gasteiger partial charge in [-0.2, -0.15) is 5.10 Å². The van der Waals surface area contributed by atoms with Crippen LogP contribution in [0.2, 0.25) is 0 Å². The lowest BCUT2D eigenvalue weighted by Crippen LogP contribution is -2.31. The number of hydrogen-bond acceptors (Lipinski definition) is 2. The van der Waals surface area contributed by atoms with Crippen LogP contribution in [0.5, 0.6) is 0 Å². The average Bonchev–Trinajstić information content (AvgIpc) is 3.50. The highest BCUT2D eigenvalue weighted by molar-refractivity contribution is 5.94. The van der Waals surface area contributed by atoms with Crippen LogP contribution in [0.3, 0.4) is 0 Å². The summed E-state index contributed by atoms with van der Waals surface area (Å²) in [4.78, 5) is 13.7. The van der Waals surface area contributed by atoms with Gasteiger partial charge in [0.05, 0.1) is 17.4 Å². The molecule has 2 aromatic heterocycles. The van der Waals surface area contributed by atoms with Gasteiger partial charge in [-0.05, 0) is 53.6 Å². The van der Waals surface area contributed by atoms with Crippen molar-refractivity contribution in [3.05, 3.63) is 132 Å². The van der Waals surface area contributed by atoms with Crippen molar-refractivity contribution in [3.8, 4) is 17.1 Å². The van der Waals surface area contributed by atoms with Crippen molar-refractivity contribution in [2.75, 3.05) is 0 Å². The van der Waals surface area contributed by atoms with Crippen molar-refractivity contribution in [3.63, 3.8) is 0 Å². The summed E-state index contributed by atoms with van der Waals surface area (Å²) in [6.45, 7) is 0. The van der Waals surface area contributed by atoms with Crippen LogP contribution in [0.25, 0.3) is 17.1 Å². The molecule has 0 saturated carbocycles. The molecule has 0 saturated heterocycles. The number of rotatable bonds is 6. The Morgan fingerprint density at radius 1 is 0.853 bits per heavy atom. The number of amides is 1. The van der Waals surface area contributed by atoms with Crippen LogP contribution in [0.1, 0.15) is 27.7 Å². The molecule has 0 bridgehead atoms. The fourth-order valence-electron chi connectivity index (χ4n) is 4.03. The molecule has 0 radical (unpaired) electrons. The molecule has 5 aromatic rings. The van der Waals surface area contributed by atoms with Crippen LogP contribution in [0.4, 0.5) is 4.39 Å². The molecule has 34 heavy (non-hydrogen) atoms. The van der Waals surface area contributed by atoms with E-state index in [1.54, 1.807) is 22.9 Å². The Bertz CT molecular complexity index is 1370. The zero-order chi connectivity index (χ0) is 23.5. The highest BCUT2D eigenvalue weighted by Gasteiger charge is 2.23. The predicted molar refractivity (Wildman–Crippen MR) is 130 cm³/mol. The molecule has 1 amide bonds. The molecular formula is C28H23FN4O. The molecule has 5 nitrogen and oxygen atoms in total. The van der Waals surface area contributed by atoms with Gasteiger partial charge in [-0.15, -0.1) is 0 Å². The quantitative estimate of drug-likeness (QED) is 0.370. The summed E-state index contributed by atoms with van der Waals surface area (Å²) in [6, 6.07) is 30.9. The summed E-state index contributed by atoms with van der Waals surface area (Å²) in [5.41, 5.74) is 4.42. The average molecular weight is 451 g/mol. The molecule has 0 spiro atoms. The van der Waals surface area contributed by atoms with Crippen molar-refractivity contribution in [1.29, 1.82) is 0 Å². The molecule has 5 rings (SSSR count). The lowest BCUT2D eigenvalue weighted by atomic mass is 9.98. The van der Waals surface area contributed by atoms with Crippen molar-refractivity contribution < 1.29 is 9.18 Å². The van der Waals surface area contributed by atoms with E-state index >= 15 is 0 Å². The number of carbonyl (C=O) groups excluding carboxylic acids is 1. The van der Waals surface area contributed by atoms with Gasteiger partial charge < -0.3 is 9.88 Å². The van der Waals surface area contributed by atoms with Gasteiger partial charge in [0.25, 0.3) is 5.91 Å². The predicted octanol–water partition coefficient (Wildman–Crippen LogP) is 5.54. The van der Waals surface area contributed by atoms with Gasteiger partial charge in [-0.3, -0.25) is 4.79 Å². The summed E-state index contributed by atoms with van der Waals surface area (Å²) in [5.74, 6) is -0.632. The molecule has 2 heterocycles. The normalized spacial score (nSPS) is 11.0. The Hall–Kier alpha value is -4.45. The number of carbonyl (C=O) groups is 1. The van der Waals surface area contributed by atoms with E-state index in [9.17, 15) is 9.18 Å². The summed E-state index contributed by atoms with van der Waals surface area (Å²) in [5, 5.41) is 7.88. The molecule has 0 aliphatic carbocycles. The zero-order valence-corrected chi connectivity index (χ0v) is 18.6. The Labute approximate surface area is 197 Å².